The van der Waals surface area contributed by atoms with Gasteiger partial charge in [-0.1, -0.05) is 0 Å². The number of carboxylic acid groups (broad SMARTS) is 1. The lowest BCUT2D eigenvalue weighted by atomic mass is 10.2. The van der Waals surface area contributed by atoms with E-state index in [0.29, 0.717) is 19.5 Å². The first-order valence-electron chi connectivity index (χ1n) is 5.46. The molecule has 7 heteroatoms. The second-order valence-corrected chi connectivity index (χ2v) is 4.85. The third-order valence-corrected chi connectivity index (χ3v) is 3.20. The Morgan fingerprint density at radius 2 is 2.11 bits per heavy atom. The normalized spacial score (nSPS) is 11.7. The van der Waals surface area contributed by atoms with Crippen LogP contribution in [0, 0.1) is 0 Å². The molecule has 0 aliphatic heterocycles. The highest BCUT2D eigenvalue weighted by atomic mass is 32.1. The topological polar surface area (TPSA) is 49.3 Å². The first kappa shape index (κ1) is 15.0. The summed E-state index contributed by atoms with van der Waals surface area (Å²) in [4.78, 5) is 11.5. The molecule has 0 aliphatic rings. The second kappa shape index (κ2) is 6.75. The van der Waals surface area contributed by atoms with Crippen LogP contribution in [0.2, 0.25) is 0 Å². The fourth-order valence-corrected chi connectivity index (χ4v) is 2.20. The summed E-state index contributed by atoms with van der Waals surface area (Å²) in [6, 6.07) is 1.57. The summed E-state index contributed by atoms with van der Waals surface area (Å²) in [5, 5.41) is 13.2. The summed E-state index contributed by atoms with van der Waals surface area (Å²) in [7, 11) is 0. The van der Waals surface area contributed by atoms with Crippen molar-refractivity contribution in [3.63, 3.8) is 0 Å². The van der Waals surface area contributed by atoms with Gasteiger partial charge in [-0.15, -0.1) is 11.3 Å². The van der Waals surface area contributed by atoms with Gasteiger partial charge in [-0.2, -0.15) is 13.2 Å². The number of carbonyl (C=O) groups is 1. The number of halogens is 3. The standard InChI is InChI=1S/C11H14F3NO2S/c12-11(13,14)3-1-2-4-15-6-9-5-8(7-18-9)10(16)17/h5,7,15H,1-4,6H2,(H,16,17). The van der Waals surface area contributed by atoms with Gasteiger partial charge in [0.15, 0.2) is 0 Å². The zero-order chi connectivity index (χ0) is 13.6. The Kier molecular flexibility index (Phi) is 5.61. The SMILES string of the molecule is O=C(O)c1csc(CNCCCCC(F)(F)F)c1. The van der Waals surface area contributed by atoms with Crippen LogP contribution < -0.4 is 5.32 Å². The Morgan fingerprint density at radius 1 is 1.39 bits per heavy atom. The Bertz CT molecular complexity index is 390. The highest BCUT2D eigenvalue weighted by Gasteiger charge is 2.25. The fourth-order valence-electron chi connectivity index (χ4n) is 1.37. The molecule has 1 heterocycles. The number of nitrogens with one attached hydrogen (secondary N) is 1. The van der Waals surface area contributed by atoms with Gasteiger partial charge in [0, 0.05) is 23.2 Å². The summed E-state index contributed by atoms with van der Waals surface area (Å²) in [6.45, 7) is 0.986. The minimum Gasteiger partial charge on any atom is -0.478 e. The zero-order valence-corrected chi connectivity index (χ0v) is 10.4. The Morgan fingerprint density at radius 3 is 2.67 bits per heavy atom. The van der Waals surface area contributed by atoms with Gasteiger partial charge in [0.05, 0.1) is 5.56 Å². The van der Waals surface area contributed by atoms with E-state index in [-0.39, 0.29) is 12.0 Å². The van der Waals surface area contributed by atoms with E-state index in [1.165, 1.54) is 11.3 Å². The molecule has 18 heavy (non-hydrogen) atoms. The molecule has 0 radical (unpaired) electrons. The van der Waals surface area contributed by atoms with Crippen LogP contribution in [-0.4, -0.2) is 23.8 Å². The quantitative estimate of drug-likeness (QED) is 0.754. The molecular weight excluding hydrogens is 267 g/mol. The molecule has 0 spiro atoms. The highest BCUT2D eigenvalue weighted by molar-refractivity contribution is 7.10. The van der Waals surface area contributed by atoms with Crippen LogP contribution in [0.3, 0.4) is 0 Å². The summed E-state index contributed by atoms with van der Waals surface area (Å²) in [5.74, 6) is -0.970. The van der Waals surface area contributed by atoms with Crippen LogP contribution in [0.4, 0.5) is 13.2 Å². The number of hydrogen-bond acceptors (Lipinski definition) is 3. The first-order valence-corrected chi connectivity index (χ1v) is 6.34. The fraction of sp³-hybridized carbons (Fsp3) is 0.545. The average molecular weight is 281 g/mol. The lowest BCUT2D eigenvalue weighted by molar-refractivity contribution is -0.135. The zero-order valence-electron chi connectivity index (χ0n) is 9.59. The molecule has 0 fully saturated rings. The number of thiophene rings is 1. The molecule has 0 amide bonds. The number of carboxylic acids is 1. The van der Waals surface area contributed by atoms with E-state index >= 15 is 0 Å². The monoisotopic (exact) mass is 281 g/mol. The number of aromatic carboxylic acids is 1. The Labute approximate surface area is 107 Å². The summed E-state index contributed by atoms with van der Waals surface area (Å²) < 4.78 is 35.5. The van der Waals surface area contributed by atoms with E-state index < -0.39 is 18.6 Å². The summed E-state index contributed by atoms with van der Waals surface area (Å²) in [6.07, 6.45) is -4.26. The van der Waals surface area contributed by atoms with Crippen LogP contribution >= 0.6 is 11.3 Å². The minimum atomic E-state index is -4.08. The molecule has 0 bridgehead atoms. The molecule has 1 aromatic rings. The molecular formula is C11H14F3NO2S. The lowest BCUT2D eigenvalue weighted by Gasteiger charge is -2.06. The van der Waals surface area contributed by atoms with E-state index in [2.05, 4.69) is 5.32 Å². The molecule has 102 valence electrons. The van der Waals surface area contributed by atoms with Gasteiger partial charge in [-0.25, -0.2) is 4.79 Å². The van der Waals surface area contributed by atoms with Gasteiger partial charge in [-0.3, -0.25) is 0 Å². The summed E-state index contributed by atoms with van der Waals surface area (Å²) >= 11 is 1.32. The van der Waals surface area contributed by atoms with Crippen LogP contribution in [-0.2, 0) is 6.54 Å². The van der Waals surface area contributed by atoms with Crippen molar-refractivity contribution in [3.05, 3.63) is 21.9 Å². The van der Waals surface area contributed by atoms with E-state index in [4.69, 9.17) is 5.11 Å². The van der Waals surface area contributed by atoms with E-state index in [0.717, 1.165) is 4.88 Å². The van der Waals surface area contributed by atoms with Crippen LogP contribution in [0.25, 0.3) is 0 Å². The third-order valence-electron chi connectivity index (χ3n) is 2.26. The number of hydrogen-bond donors (Lipinski definition) is 2. The summed E-state index contributed by atoms with van der Waals surface area (Å²) in [5.41, 5.74) is 0.244. The van der Waals surface area contributed by atoms with Crippen molar-refractivity contribution in [3.8, 4) is 0 Å². The maximum absolute atomic E-state index is 11.8. The maximum atomic E-state index is 11.8. The van der Waals surface area contributed by atoms with Crippen molar-refractivity contribution in [1.29, 1.82) is 0 Å². The first-order chi connectivity index (χ1) is 8.38. The Balaban J connectivity index is 2.12. The molecule has 2 N–H and O–H groups in total. The van der Waals surface area contributed by atoms with Crippen molar-refractivity contribution in [2.75, 3.05) is 6.54 Å². The maximum Gasteiger partial charge on any atom is 0.389 e. The van der Waals surface area contributed by atoms with E-state index in [1.54, 1.807) is 11.4 Å². The minimum absolute atomic E-state index is 0.112. The molecule has 0 aliphatic carbocycles. The van der Waals surface area contributed by atoms with E-state index in [1.807, 2.05) is 0 Å². The second-order valence-electron chi connectivity index (χ2n) is 3.86. The van der Waals surface area contributed by atoms with Crippen molar-refractivity contribution >= 4 is 17.3 Å². The van der Waals surface area contributed by atoms with Gasteiger partial charge < -0.3 is 10.4 Å². The molecule has 0 saturated carbocycles. The number of rotatable bonds is 7. The molecule has 0 unspecified atom stereocenters. The van der Waals surface area contributed by atoms with Crippen molar-refractivity contribution in [2.24, 2.45) is 0 Å². The largest absolute Gasteiger partial charge is 0.478 e. The predicted octanol–water partition coefficient (Wildman–Crippen LogP) is 3.27. The van der Waals surface area contributed by atoms with Crippen LogP contribution in [0.5, 0.6) is 0 Å². The van der Waals surface area contributed by atoms with Crippen molar-refractivity contribution in [2.45, 2.75) is 32.0 Å². The molecule has 0 saturated heterocycles. The lowest BCUT2D eigenvalue weighted by Crippen LogP contribution is -2.15. The molecule has 3 nitrogen and oxygen atoms in total. The van der Waals surface area contributed by atoms with E-state index in [9.17, 15) is 18.0 Å². The van der Waals surface area contributed by atoms with Gasteiger partial charge in [-0.05, 0) is 25.5 Å². The third kappa shape index (κ3) is 6.02. The van der Waals surface area contributed by atoms with Gasteiger partial charge >= 0.3 is 12.1 Å². The van der Waals surface area contributed by atoms with Crippen LogP contribution in [0.15, 0.2) is 11.4 Å². The van der Waals surface area contributed by atoms with Crippen molar-refractivity contribution < 1.29 is 23.1 Å². The average Bonchev–Trinajstić information content (AvgIpc) is 2.70. The van der Waals surface area contributed by atoms with Gasteiger partial charge in [0.1, 0.15) is 0 Å². The van der Waals surface area contributed by atoms with Gasteiger partial charge in [0.25, 0.3) is 0 Å². The smallest absolute Gasteiger partial charge is 0.389 e. The molecule has 0 aromatic carbocycles. The molecule has 1 aromatic heterocycles. The molecule has 1 rings (SSSR count). The Hall–Kier alpha value is -1.08. The van der Waals surface area contributed by atoms with Gasteiger partial charge in [0.2, 0.25) is 0 Å². The highest BCUT2D eigenvalue weighted by Crippen LogP contribution is 2.21. The van der Waals surface area contributed by atoms with Crippen molar-refractivity contribution in [1.82, 2.24) is 5.32 Å². The number of unbranched alkanes of at least 4 members (excludes halogenated alkanes) is 1. The molecule has 0 atom stereocenters. The number of alkyl halides is 3. The van der Waals surface area contributed by atoms with Crippen LogP contribution in [0.1, 0.15) is 34.5 Å². The predicted molar refractivity (Wildman–Crippen MR) is 62.9 cm³/mol.